The zero-order valence-electron chi connectivity index (χ0n) is 8.51. The van der Waals surface area contributed by atoms with E-state index in [9.17, 15) is 20.0 Å². The van der Waals surface area contributed by atoms with Crippen molar-refractivity contribution in [1.82, 2.24) is 0 Å². The molecule has 0 aliphatic carbocycles. The number of phenols is 1. The van der Waals surface area contributed by atoms with Gasteiger partial charge in [-0.1, -0.05) is 11.8 Å². The minimum atomic E-state index is -0.804. The predicted molar refractivity (Wildman–Crippen MR) is 57.0 cm³/mol. The number of rotatable bonds is 2. The van der Waals surface area contributed by atoms with E-state index in [1.807, 2.05) is 0 Å². The van der Waals surface area contributed by atoms with Gasteiger partial charge in [0.2, 0.25) is 5.75 Å². The Bertz CT molecular complexity index is 576. The van der Waals surface area contributed by atoms with E-state index in [0.29, 0.717) is 6.29 Å². The first-order chi connectivity index (χ1) is 8.10. The van der Waals surface area contributed by atoms with Gasteiger partial charge in [-0.05, 0) is 6.07 Å². The van der Waals surface area contributed by atoms with Crippen molar-refractivity contribution >= 4 is 12.0 Å². The fraction of sp³-hybridized carbons (Fsp3) is 0.0909. The lowest BCUT2D eigenvalue weighted by molar-refractivity contribution is -0.385. The molecule has 0 radical (unpaired) electrons. The summed E-state index contributed by atoms with van der Waals surface area (Å²) in [6.45, 7) is 0. The number of nitriles is 1. The van der Waals surface area contributed by atoms with Gasteiger partial charge < -0.3 is 9.90 Å². The van der Waals surface area contributed by atoms with Crippen molar-refractivity contribution < 1.29 is 14.8 Å². The molecule has 84 valence electrons. The van der Waals surface area contributed by atoms with Crippen LogP contribution in [0.1, 0.15) is 17.5 Å². The van der Waals surface area contributed by atoms with Gasteiger partial charge in [-0.15, -0.1) is 0 Å². The van der Waals surface area contributed by atoms with E-state index < -0.39 is 16.4 Å². The van der Waals surface area contributed by atoms with Crippen molar-refractivity contribution in [3.05, 3.63) is 33.4 Å². The average Bonchev–Trinajstić information content (AvgIpc) is 2.31. The molecule has 1 aromatic carbocycles. The molecule has 0 fully saturated rings. The molecule has 0 bridgehead atoms. The van der Waals surface area contributed by atoms with Crippen molar-refractivity contribution in [3.63, 3.8) is 0 Å². The van der Waals surface area contributed by atoms with Crippen LogP contribution in [0.4, 0.5) is 5.69 Å². The van der Waals surface area contributed by atoms with Crippen LogP contribution < -0.4 is 0 Å². The Morgan fingerprint density at radius 1 is 1.53 bits per heavy atom. The summed E-state index contributed by atoms with van der Waals surface area (Å²) in [4.78, 5) is 19.9. The number of nitro benzene ring substituents is 1. The van der Waals surface area contributed by atoms with E-state index in [2.05, 4.69) is 11.8 Å². The molecule has 0 spiro atoms. The van der Waals surface area contributed by atoms with Gasteiger partial charge in [0, 0.05) is 6.07 Å². The molecule has 0 saturated heterocycles. The monoisotopic (exact) mass is 230 g/mol. The van der Waals surface area contributed by atoms with Gasteiger partial charge in [-0.2, -0.15) is 5.26 Å². The van der Waals surface area contributed by atoms with Crippen LogP contribution in [0.3, 0.4) is 0 Å². The molecule has 0 saturated carbocycles. The minimum absolute atomic E-state index is 0.0184. The predicted octanol–water partition coefficient (Wildman–Crippen LogP) is 1.11. The molecular weight excluding hydrogens is 224 g/mol. The van der Waals surface area contributed by atoms with Crippen LogP contribution in [-0.2, 0) is 4.79 Å². The maximum Gasteiger partial charge on any atom is 0.313 e. The SMILES string of the molecule is N#Cc1cc(C#CCC=O)c(O)c([N+](=O)[O-])c1. The van der Waals surface area contributed by atoms with Gasteiger partial charge in [-0.3, -0.25) is 10.1 Å². The molecule has 0 unspecified atom stereocenters. The molecule has 1 N–H and O–H groups in total. The van der Waals surface area contributed by atoms with Crippen LogP contribution in [0.15, 0.2) is 12.1 Å². The number of carbonyl (C=O) groups is 1. The lowest BCUT2D eigenvalue weighted by Gasteiger charge is -1.99. The van der Waals surface area contributed by atoms with Crippen molar-refractivity contribution in [2.75, 3.05) is 0 Å². The van der Waals surface area contributed by atoms with Gasteiger partial charge >= 0.3 is 5.69 Å². The van der Waals surface area contributed by atoms with Gasteiger partial charge in [0.15, 0.2) is 0 Å². The second kappa shape index (κ2) is 5.29. The number of aromatic hydroxyl groups is 1. The van der Waals surface area contributed by atoms with E-state index in [1.54, 1.807) is 6.07 Å². The Hall–Kier alpha value is -2.86. The number of carbonyl (C=O) groups excluding carboxylic acids is 1. The topological polar surface area (TPSA) is 104 Å². The van der Waals surface area contributed by atoms with Crippen LogP contribution >= 0.6 is 0 Å². The summed E-state index contributed by atoms with van der Waals surface area (Å²) in [5.41, 5.74) is -0.609. The Morgan fingerprint density at radius 3 is 2.76 bits per heavy atom. The summed E-state index contributed by atoms with van der Waals surface area (Å²) in [6.07, 6.45) is 0.511. The van der Waals surface area contributed by atoms with Crippen molar-refractivity contribution in [3.8, 4) is 23.7 Å². The lowest BCUT2D eigenvalue weighted by Crippen LogP contribution is -1.92. The Labute approximate surface area is 96.3 Å². The Kier molecular flexibility index (Phi) is 3.80. The van der Waals surface area contributed by atoms with Crippen molar-refractivity contribution in [1.29, 1.82) is 5.26 Å². The second-order valence-electron chi connectivity index (χ2n) is 2.93. The molecule has 17 heavy (non-hydrogen) atoms. The highest BCUT2D eigenvalue weighted by Gasteiger charge is 2.18. The van der Waals surface area contributed by atoms with Crippen LogP contribution in [-0.4, -0.2) is 16.3 Å². The zero-order chi connectivity index (χ0) is 12.8. The summed E-state index contributed by atoms with van der Waals surface area (Å²) in [5.74, 6) is 4.19. The largest absolute Gasteiger partial charge is 0.501 e. The third-order valence-electron chi connectivity index (χ3n) is 1.82. The number of nitro groups is 1. The van der Waals surface area contributed by atoms with E-state index in [1.165, 1.54) is 6.07 Å². The standard InChI is InChI=1S/C11H6N2O4/c12-7-8-5-9(3-1-2-4-14)11(15)10(6-8)13(16)17/h4-6,15H,2H2. The lowest BCUT2D eigenvalue weighted by atomic mass is 10.1. The first-order valence-corrected chi connectivity index (χ1v) is 4.44. The molecule has 6 heteroatoms. The van der Waals surface area contributed by atoms with Gasteiger partial charge in [0.1, 0.15) is 6.29 Å². The van der Waals surface area contributed by atoms with Gasteiger partial charge in [0.05, 0.1) is 28.5 Å². The summed E-state index contributed by atoms with van der Waals surface area (Å²) in [6, 6.07) is 3.91. The van der Waals surface area contributed by atoms with Crippen LogP contribution in [0.2, 0.25) is 0 Å². The quantitative estimate of drug-likeness (QED) is 0.354. The van der Waals surface area contributed by atoms with Gasteiger partial charge in [0.25, 0.3) is 0 Å². The van der Waals surface area contributed by atoms with Crippen molar-refractivity contribution in [2.24, 2.45) is 0 Å². The average molecular weight is 230 g/mol. The Morgan fingerprint density at radius 2 is 2.24 bits per heavy atom. The Balaban J connectivity index is 3.36. The summed E-state index contributed by atoms with van der Waals surface area (Å²) in [7, 11) is 0. The third-order valence-corrected chi connectivity index (χ3v) is 1.82. The fourth-order valence-corrected chi connectivity index (χ4v) is 1.11. The highest BCUT2D eigenvalue weighted by atomic mass is 16.6. The molecular formula is C11H6N2O4. The molecule has 0 amide bonds. The van der Waals surface area contributed by atoms with Crippen LogP contribution in [0.25, 0.3) is 0 Å². The van der Waals surface area contributed by atoms with Crippen LogP contribution in [0.5, 0.6) is 5.75 Å². The number of hydrogen-bond donors (Lipinski definition) is 1. The zero-order valence-corrected chi connectivity index (χ0v) is 8.51. The van der Waals surface area contributed by atoms with E-state index in [0.717, 1.165) is 6.07 Å². The molecule has 0 aromatic heterocycles. The molecule has 1 aromatic rings. The normalized spacial score (nSPS) is 8.65. The molecule has 0 aliphatic heterocycles. The number of phenolic OH excluding ortho intramolecular Hbond substituents is 1. The van der Waals surface area contributed by atoms with Crippen molar-refractivity contribution in [2.45, 2.75) is 6.42 Å². The maximum atomic E-state index is 10.6. The van der Waals surface area contributed by atoms with Gasteiger partial charge in [-0.25, -0.2) is 0 Å². The molecule has 1 rings (SSSR count). The van der Waals surface area contributed by atoms with E-state index >= 15 is 0 Å². The summed E-state index contributed by atoms with van der Waals surface area (Å²) < 4.78 is 0. The first-order valence-electron chi connectivity index (χ1n) is 4.44. The molecule has 0 atom stereocenters. The number of aldehydes is 1. The highest BCUT2D eigenvalue weighted by molar-refractivity contribution is 5.62. The molecule has 0 heterocycles. The third kappa shape index (κ3) is 2.80. The summed E-state index contributed by atoms with van der Waals surface area (Å²) in [5, 5.41) is 28.8. The van der Waals surface area contributed by atoms with E-state index in [-0.39, 0.29) is 17.5 Å². The fourth-order valence-electron chi connectivity index (χ4n) is 1.11. The number of nitrogens with zero attached hydrogens (tertiary/aromatic N) is 2. The highest BCUT2D eigenvalue weighted by Crippen LogP contribution is 2.30. The maximum absolute atomic E-state index is 10.6. The van der Waals surface area contributed by atoms with E-state index in [4.69, 9.17) is 5.26 Å². The van der Waals surface area contributed by atoms with Crippen LogP contribution in [0, 0.1) is 33.3 Å². The number of benzene rings is 1. The second-order valence-corrected chi connectivity index (χ2v) is 2.93. The first kappa shape index (κ1) is 12.2. The smallest absolute Gasteiger partial charge is 0.313 e. The minimum Gasteiger partial charge on any atom is -0.501 e. The number of hydrogen-bond acceptors (Lipinski definition) is 5. The molecule has 0 aliphatic rings. The summed E-state index contributed by atoms with van der Waals surface area (Å²) >= 11 is 0. The molecule has 6 nitrogen and oxygen atoms in total.